The molecule has 0 radical (unpaired) electrons. The van der Waals surface area contributed by atoms with Crippen LogP contribution in [0, 0.1) is 5.82 Å². The van der Waals surface area contributed by atoms with Gasteiger partial charge in [-0.3, -0.25) is 14.5 Å². The van der Waals surface area contributed by atoms with Gasteiger partial charge >= 0.3 is 0 Å². The Morgan fingerprint density at radius 1 is 1.06 bits per heavy atom. The Balaban J connectivity index is 1.54. The van der Waals surface area contributed by atoms with E-state index in [-0.39, 0.29) is 11.3 Å². The number of anilines is 1. The number of aromatic nitrogens is 1. The third kappa shape index (κ3) is 3.32. The zero-order valence-corrected chi connectivity index (χ0v) is 18.7. The van der Waals surface area contributed by atoms with Crippen molar-refractivity contribution in [2.45, 2.75) is 6.04 Å². The number of carbonyl (C=O) groups excluding carboxylic acids is 2. The molecule has 0 bridgehead atoms. The first-order valence-corrected chi connectivity index (χ1v) is 11.1. The molecule has 6 nitrogen and oxygen atoms in total. The molecule has 2 N–H and O–H groups in total. The summed E-state index contributed by atoms with van der Waals surface area (Å²) in [5.41, 5.74) is 2.04. The predicted molar refractivity (Wildman–Crippen MR) is 130 cm³/mol. The number of aromatic amines is 1. The van der Waals surface area contributed by atoms with E-state index >= 15 is 0 Å². The van der Waals surface area contributed by atoms with Gasteiger partial charge in [0.1, 0.15) is 11.4 Å². The third-order valence-corrected chi connectivity index (χ3v) is 6.41. The first-order valence-electron chi connectivity index (χ1n) is 10.7. The molecule has 0 saturated carbocycles. The summed E-state index contributed by atoms with van der Waals surface area (Å²) in [6.07, 6.45) is 1.70. The number of halogens is 2. The molecule has 35 heavy (non-hydrogen) atoms. The van der Waals surface area contributed by atoms with E-state index in [0.717, 1.165) is 10.9 Å². The number of aliphatic hydroxyl groups is 1. The zero-order valence-electron chi connectivity index (χ0n) is 18.0. The van der Waals surface area contributed by atoms with E-state index in [2.05, 4.69) is 4.98 Å². The number of hydrogen-bond acceptors (Lipinski definition) is 4. The second kappa shape index (κ2) is 7.85. The minimum Gasteiger partial charge on any atom is -0.503 e. The molecule has 2 aromatic heterocycles. The van der Waals surface area contributed by atoms with Crippen molar-refractivity contribution in [2.24, 2.45) is 0 Å². The monoisotopic (exact) mass is 486 g/mol. The molecule has 0 aliphatic carbocycles. The van der Waals surface area contributed by atoms with Crippen LogP contribution >= 0.6 is 11.6 Å². The molecular formula is C27H16ClFN2O4. The number of nitrogens with zero attached hydrogens (tertiary/aromatic N) is 1. The van der Waals surface area contributed by atoms with E-state index in [4.69, 9.17) is 16.0 Å². The standard InChI is InChI=1S/C27H16ClFN2O4/c28-15-5-10-21-14(11-15)12-22(35-21)25(32)23-24(19-13-30-20-4-2-1-3-18(19)20)31(27(34)26(23)33)17-8-6-16(29)7-9-17/h1-13,24,30,33H. The molecule has 1 unspecified atom stereocenters. The van der Waals surface area contributed by atoms with Crippen LogP contribution in [-0.4, -0.2) is 21.8 Å². The van der Waals surface area contributed by atoms with Gasteiger partial charge in [-0.05, 0) is 54.6 Å². The number of hydrogen-bond donors (Lipinski definition) is 2. The highest BCUT2D eigenvalue weighted by Gasteiger charge is 2.46. The number of para-hydroxylation sites is 1. The molecule has 8 heteroatoms. The Morgan fingerprint density at radius 2 is 1.83 bits per heavy atom. The Labute approximate surface area is 202 Å². The number of aliphatic hydroxyl groups excluding tert-OH is 1. The molecule has 0 spiro atoms. The number of carbonyl (C=O) groups is 2. The molecule has 1 amide bonds. The van der Waals surface area contributed by atoms with E-state index in [1.807, 2.05) is 24.3 Å². The fraction of sp³-hybridized carbons (Fsp3) is 0.0370. The van der Waals surface area contributed by atoms with Crippen LogP contribution in [0.1, 0.15) is 22.2 Å². The van der Waals surface area contributed by atoms with Gasteiger partial charge in [-0.15, -0.1) is 0 Å². The fourth-order valence-electron chi connectivity index (χ4n) is 4.58. The summed E-state index contributed by atoms with van der Waals surface area (Å²) in [6, 6.07) is 18.2. The quantitative estimate of drug-likeness (QED) is 0.284. The first-order chi connectivity index (χ1) is 16.9. The van der Waals surface area contributed by atoms with E-state index < -0.39 is 29.3 Å². The molecule has 5 aromatic rings. The lowest BCUT2D eigenvalue weighted by Crippen LogP contribution is -2.31. The minimum absolute atomic E-state index is 0.0394. The number of benzene rings is 3. The molecule has 1 atom stereocenters. The van der Waals surface area contributed by atoms with Crippen molar-refractivity contribution < 1.29 is 23.5 Å². The maximum atomic E-state index is 13.7. The van der Waals surface area contributed by atoms with Crippen molar-refractivity contribution in [1.82, 2.24) is 4.98 Å². The summed E-state index contributed by atoms with van der Waals surface area (Å²) in [6.45, 7) is 0. The fourth-order valence-corrected chi connectivity index (χ4v) is 4.76. The molecule has 172 valence electrons. The lowest BCUT2D eigenvalue weighted by atomic mass is 9.94. The number of amides is 1. The Bertz CT molecular complexity index is 1680. The second-order valence-electron chi connectivity index (χ2n) is 8.23. The van der Waals surface area contributed by atoms with Gasteiger partial charge in [0.2, 0.25) is 5.78 Å². The normalized spacial score (nSPS) is 16.1. The van der Waals surface area contributed by atoms with Gasteiger partial charge in [0, 0.05) is 38.8 Å². The molecule has 1 aliphatic heterocycles. The van der Waals surface area contributed by atoms with Crippen LogP contribution in [0.25, 0.3) is 21.9 Å². The zero-order chi connectivity index (χ0) is 24.3. The second-order valence-corrected chi connectivity index (χ2v) is 8.66. The van der Waals surface area contributed by atoms with Gasteiger partial charge in [-0.1, -0.05) is 29.8 Å². The topological polar surface area (TPSA) is 86.5 Å². The van der Waals surface area contributed by atoms with E-state index in [0.29, 0.717) is 27.2 Å². The van der Waals surface area contributed by atoms with Crippen molar-refractivity contribution >= 4 is 50.9 Å². The number of rotatable bonds is 4. The van der Waals surface area contributed by atoms with Crippen LogP contribution in [0.4, 0.5) is 10.1 Å². The van der Waals surface area contributed by atoms with E-state index in [1.54, 1.807) is 24.4 Å². The van der Waals surface area contributed by atoms with E-state index in [9.17, 15) is 19.1 Å². The highest BCUT2D eigenvalue weighted by Crippen LogP contribution is 2.44. The molecule has 0 saturated heterocycles. The van der Waals surface area contributed by atoms with Gasteiger partial charge < -0.3 is 14.5 Å². The number of fused-ring (bicyclic) bond motifs is 2. The minimum atomic E-state index is -0.978. The largest absolute Gasteiger partial charge is 0.503 e. The SMILES string of the molecule is O=C(C1=C(O)C(=O)N(c2ccc(F)cc2)C1c1c[nH]c2ccccc12)c1cc2cc(Cl)ccc2o1. The highest BCUT2D eigenvalue weighted by atomic mass is 35.5. The predicted octanol–water partition coefficient (Wildman–Crippen LogP) is 6.49. The molecule has 3 heterocycles. The van der Waals surface area contributed by atoms with Crippen LogP contribution < -0.4 is 4.90 Å². The average Bonchev–Trinajstić information content (AvgIpc) is 3.54. The maximum absolute atomic E-state index is 13.7. The first kappa shape index (κ1) is 21.2. The molecule has 1 aliphatic rings. The van der Waals surface area contributed by atoms with Gasteiger partial charge in [-0.2, -0.15) is 0 Å². The number of nitrogens with one attached hydrogen (secondary N) is 1. The van der Waals surface area contributed by atoms with Crippen molar-refractivity contribution in [1.29, 1.82) is 0 Å². The van der Waals surface area contributed by atoms with Crippen LogP contribution in [-0.2, 0) is 4.79 Å². The van der Waals surface area contributed by atoms with Crippen LogP contribution in [0.5, 0.6) is 0 Å². The van der Waals surface area contributed by atoms with Crippen LogP contribution in [0.15, 0.2) is 94.7 Å². The van der Waals surface area contributed by atoms with Gasteiger partial charge in [-0.25, -0.2) is 4.39 Å². The summed E-state index contributed by atoms with van der Waals surface area (Å²) in [5.74, 6) is -2.61. The van der Waals surface area contributed by atoms with Crippen molar-refractivity contribution in [2.75, 3.05) is 4.90 Å². The van der Waals surface area contributed by atoms with Gasteiger partial charge in [0.25, 0.3) is 5.91 Å². The van der Waals surface area contributed by atoms with Crippen LogP contribution in [0.2, 0.25) is 5.02 Å². The van der Waals surface area contributed by atoms with Crippen molar-refractivity contribution in [3.8, 4) is 0 Å². The molecule has 6 rings (SSSR count). The molecule has 0 fully saturated rings. The smallest absolute Gasteiger partial charge is 0.294 e. The van der Waals surface area contributed by atoms with Gasteiger partial charge in [0.05, 0.1) is 11.6 Å². The summed E-state index contributed by atoms with van der Waals surface area (Å²) in [4.78, 5) is 31.5. The number of furan rings is 1. The average molecular weight is 487 g/mol. The molecule has 3 aromatic carbocycles. The Kier molecular flexibility index (Phi) is 4.76. The summed E-state index contributed by atoms with van der Waals surface area (Å²) in [7, 11) is 0. The summed E-state index contributed by atoms with van der Waals surface area (Å²) < 4.78 is 19.4. The maximum Gasteiger partial charge on any atom is 0.294 e. The highest BCUT2D eigenvalue weighted by molar-refractivity contribution is 6.31. The number of Topliss-reactive ketones (excluding diaryl/α,β-unsaturated/α-hetero) is 1. The van der Waals surface area contributed by atoms with Crippen molar-refractivity contribution in [3.63, 3.8) is 0 Å². The van der Waals surface area contributed by atoms with Crippen molar-refractivity contribution in [3.05, 3.63) is 112 Å². The number of H-pyrrole nitrogens is 1. The Hall–Kier alpha value is -4.36. The number of ketones is 1. The van der Waals surface area contributed by atoms with Gasteiger partial charge in [0.15, 0.2) is 11.5 Å². The molecular weight excluding hydrogens is 471 g/mol. The summed E-state index contributed by atoms with van der Waals surface area (Å²) in [5, 5.41) is 12.8. The lowest BCUT2D eigenvalue weighted by Gasteiger charge is -2.26. The van der Waals surface area contributed by atoms with E-state index in [1.165, 1.54) is 35.2 Å². The third-order valence-electron chi connectivity index (χ3n) is 6.18. The lowest BCUT2D eigenvalue weighted by molar-refractivity contribution is -0.117. The summed E-state index contributed by atoms with van der Waals surface area (Å²) >= 11 is 6.06. The Morgan fingerprint density at radius 3 is 2.63 bits per heavy atom. The van der Waals surface area contributed by atoms with Crippen LogP contribution in [0.3, 0.4) is 0 Å².